The number of hydrogen-bond acceptors (Lipinski definition) is 7. The van der Waals surface area contributed by atoms with Crippen LogP contribution in [0.2, 0.25) is 0 Å². The standard InChI is InChI=1S/C24H37N2O6P/c1-6-29-33(28,30-7-2)32-22(20-15-11-14-19(20)17-25)21(16-18-12-9-8-10-13-18)26-23(27)31-24(3,4)5/h8-10,12-13,19-22H,6-7,11,14-16H2,1-5H3,(H,26,27). The van der Waals surface area contributed by atoms with Crippen molar-refractivity contribution < 1.29 is 27.7 Å². The molecule has 9 heteroatoms. The first-order valence-electron chi connectivity index (χ1n) is 11.6. The van der Waals surface area contributed by atoms with Crippen LogP contribution in [-0.4, -0.2) is 37.1 Å². The first-order valence-corrected chi connectivity index (χ1v) is 13.1. The Bertz CT molecular complexity index is 826. The zero-order valence-electron chi connectivity index (χ0n) is 20.3. The number of nitrogens with one attached hydrogen (secondary N) is 1. The van der Waals surface area contributed by atoms with Crippen molar-refractivity contribution >= 4 is 13.9 Å². The molecule has 0 saturated heterocycles. The van der Waals surface area contributed by atoms with Gasteiger partial charge in [0.1, 0.15) is 5.60 Å². The normalized spacial score (nSPS) is 20.6. The first-order chi connectivity index (χ1) is 15.6. The minimum absolute atomic E-state index is 0.138. The summed E-state index contributed by atoms with van der Waals surface area (Å²) in [5.41, 5.74) is 0.271. The number of rotatable bonds is 11. The van der Waals surface area contributed by atoms with Gasteiger partial charge in [-0.3, -0.25) is 13.6 Å². The third kappa shape index (κ3) is 8.75. The van der Waals surface area contributed by atoms with Crippen molar-refractivity contribution in [2.24, 2.45) is 11.8 Å². The molecule has 0 aliphatic heterocycles. The SMILES string of the molecule is CCOP(=O)(OCC)OC(C(Cc1ccccc1)NC(=O)OC(C)(C)C)C1CCCC1C#N. The highest BCUT2D eigenvalue weighted by Gasteiger charge is 2.44. The highest BCUT2D eigenvalue weighted by atomic mass is 31.2. The molecule has 1 saturated carbocycles. The molecule has 8 nitrogen and oxygen atoms in total. The molecule has 1 aromatic carbocycles. The monoisotopic (exact) mass is 480 g/mol. The van der Waals surface area contributed by atoms with Gasteiger partial charge >= 0.3 is 13.9 Å². The molecule has 1 aliphatic rings. The largest absolute Gasteiger partial charge is 0.475 e. The van der Waals surface area contributed by atoms with Crippen LogP contribution in [-0.2, 0) is 29.3 Å². The van der Waals surface area contributed by atoms with E-state index in [4.69, 9.17) is 18.3 Å². The van der Waals surface area contributed by atoms with Gasteiger partial charge in [-0.15, -0.1) is 0 Å². The van der Waals surface area contributed by atoms with Crippen molar-refractivity contribution in [1.29, 1.82) is 5.26 Å². The summed E-state index contributed by atoms with van der Waals surface area (Å²) < 4.78 is 35.7. The molecule has 1 N–H and O–H groups in total. The van der Waals surface area contributed by atoms with Crippen molar-refractivity contribution in [3.63, 3.8) is 0 Å². The second-order valence-corrected chi connectivity index (χ2v) is 10.7. The minimum Gasteiger partial charge on any atom is -0.444 e. The van der Waals surface area contributed by atoms with E-state index < -0.39 is 31.7 Å². The van der Waals surface area contributed by atoms with Crippen LogP contribution >= 0.6 is 7.82 Å². The van der Waals surface area contributed by atoms with Gasteiger partial charge in [-0.05, 0) is 59.4 Å². The van der Waals surface area contributed by atoms with Gasteiger partial charge in [0.25, 0.3) is 0 Å². The lowest BCUT2D eigenvalue weighted by molar-refractivity contribution is 0.0156. The number of nitriles is 1. The van der Waals surface area contributed by atoms with Crippen LogP contribution in [0.1, 0.15) is 59.4 Å². The van der Waals surface area contributed by atoms with Crippen LogP contribution in [0.25, 0.3) is 0 Å². The van der Waals surface area contributed by atoms with Gasteiger partial charge < -0.3 is 10.1 Å². The summed E-state index contributed by atoms with van der Waals surface area (Å²) in [4.78, 5) is 12.8. The van der Waals surface area contributed by atoms with Gasteiger partial charge in [-0.2, -0.15) is 5.26 Å². The summed E-state index contributed by atoms with van der Waals surface area (Å²) in [5, 5.41) is 12.7. The predicted molar refractivity (Wildman–Crippen MR) is 125 cm³/mol. The number of carbonyl (C=O) groups is 1. The fourth-order valence-corrected chi connectivity index (χ4v) is 5.56. The summed E-state index contributed by atoms with van der Waals surface area (Å²) in [6, 6.07) is 11.4. The maximum absolute atomic E-state index is 13.4. The Morgan fingerprint density at radius 3 is 2.36 bits per heavy atom. The van der Waals surface area contributed by atoms with E-state index in [2.05, 4.69) is 11.4 Å². The second-order valence-electron chi connectivity index (χ2n) is 9.13. The van der Waals surface area contributed by atoms with Crippen molar-refractivity contribution in [1.82, 2.24) is 5.32 Å². The van der Waals surface area contributed by atoms with E-state index >= 15 is 0 Å². The number of ether oxygens (including phenoxy) is 1. The number of hydrogen-bond donors (Lipinski definition) is 1. The molecule has 1 fully saturated rings. The van der Waals surface area contributed by atoms with E-state index in [1.54, 1.807) is 34.6 Å². The van der Waals surface area contributed by atoms with E-state index in [0.29, 0.717) is 12.8 Å². The molecular weight excluding hydrogens is 443 g/mol. The molecule has 1 aliphatic carbocycles. The number of phosphoric ester groups is 1. The zero-order valence-corrected chi connectivity index (χ0v) is 21.2. The summed E-state index contributed by atoms with van der Waals surface area (Å²) in [6.07, 6.45) is 1.31. The van der Waals surface area contributed by atoms with Crippen LogP contribution in [0.4, 0.5) is 4.79 Å². The van der Waals surface area contributed by atoms with E-state index in [1.807, 2.05) is 30.3 Å². The molecule has 0 spiro atoms. The van der Waals surface area contributed by atoms with Gasteiger partial charge in [-0.1, -0.05) is 36.8 Å². The highest BCUT2D eigenvalue weighted by molar-refractivity contribution is 7.48. The average molecular weight is 481 g/mol. The number of phosphoric acid groups is 1. The predicted octanol–water partition coefficient (Wildman–Crippen LogP) is 5.63. The third-order valence-corrected chi connectivity index (χ3v) is 7.03. The van der Waals surface area contributed by atoms with E-state index in [9.17, 15) is 14.6 Å². The molecule has 4 atom stereocenters. The van der Waals surface area contributed by atoms with Gasteiger partial charge in [0.2, 0.25) is 0 Å². The topological polar surface area (TPSA) is 107 Å². The molecule has 0 heterocycles. The summed E-state index contributed by atoms with van der Waals surface area (Å²) in [5.74, 6) is -0.529. The Morgan fingerprint density at radius 1 is 1.18 bits per heavy atom. The molecule has 0 bridgehead atoms. The fourth-order valence-electron chi connectivity index (χ4n) is 4.13. The van der Waals surface area contributed by atoms with E-state index in [-0.39, 0.29) is 25.0 Å². The lowest BCUT2D eigenvalue weighted by Gasteiger charge is -2.35. The molecule has 0 radical (unpaired) electrons. The Kier molecular flexibility index (Phi) is 10.4. The first kappa shape index (κ1) is 27.3. The van der Waals surface area contributed by atoms with Gasteiger partial charge in [0.15, 0.2) is 0 Å². The van der Waals surface area contributed by atoms with Crippen LogP contribution in [0, 0.1) is 23.2 Å². The molecule has 33 heavy (non-hydrogen) atoms. The average Bonchev–Trinajstić information content (AvgIpc) is 3.20. The number of alkyl carbamates (subject to hydrolysis) is 1. The maximum atomic E-state index is 13.4. The molecule has 1 aromatic rings. The molecule has 2 rings (SSSR count). The molecular formula is C24H37N2O6P. The number of carbonyl (C=O) groups excluding carboxylic acids is 1. The number of benzene rings is 1. The highest BCUT2D eigenvalue weighted by Crippen LogP contribution is 2.53. The lowest BCUT2D eigenvalue weighted by atomic mass is 9.85. The minimum atomic E-state index is -3.91. The third-order valence-electron chi connectivity index (χ3n) is 5.38. The molecule has 4 unspecified atom stereocenters. The van der Waals surface area contributed by atoms with Crippen LogP contribution < -0.4 is 5.32 Å². The smallest absolute Gasteiger partial charge is 0.444 e. The fraction of sp³-hybridized carbons (Fsp3) is 0.667. The maximum Gasteiger partial charge on any atom is 0.475 e. The Morgan fingerprint density at radius 2 is 1.82 bits per heavy atom. The van der Waals surface area contributed by atoms with Crippen molar-refractivity contribution in [3.05, 3.63) is 35.9 Å². The Hall–Kier alpha value is -1.91. The number of amides is 1. The van der Waals surface area contributed by atoms with Crippen molar-refractivity contribution in [3.8, 4) is 6.07 Å². The second kappa shape index (κ2) is 12.5. The Balaban J connectivity index is 2.44. The van der Waals surface area contributed by atoms with Crippen LogP contribution in [0.15, 0.2) is 30.3 Å². The van der Waals surface area contributed by atoms with Crippen LogP contribution in [0.5, 0.6) is 0 Å². The molecule has 0 aromatic heterocycles. The van der Waals surface area contributed by atoms with Crippen molar-refractivity contribution in [2.75, 3.05) is 13.2 Å². The summed E-state index contributed by atoms with van der Waals surface area (Å²) in [7, 11) is -3.91. The number of nitrogens with zero attached hydrogens (tertiary/aromatic N) is 1. The Labute approximate surface area is 197 Å². The summed E-state index contributed by atoms with van der Waals surface area (Å²) in [6.45, 7) is 9.05. The van der Waals surface area contributed by atoms with Crippen LogP contribution in [0.3, 0.4) is 0 Å². The van der Waals surface area contributed by atoms with Gasteiger partial charge in [0, 0.05) is 5.92 Å². The van der Waals surface area contributed by atoms with Gasteiger partial charge in [0.05, 0.1) is 37.3 Å². The zero-order chi connectivity index (χ0) is 24.5. The lowest BCUT2D eigenvalue weighted by Crippen LogP contribution is -2.50. The van der Waals surface area contributed by atoms with Crippen molar-refractivity contribution in [2.45, 2.75) is 78.0 Å². The van der Waals surface area contributed by atoms with E-state index in [0.717, 1.165) is 18.4 Å². The van der Waals surface area contributed by atoms with E-state index in [1.165, 1.54) is 0 Å². The summed E-state index contributed by atoms with van der Waals surface area (Å²) >= 11 is 0. The van der Waals surface area contributed by atoms with Gasteiger partial charge in [-0.25, -0.2) is 9.36 Å². The molecule has 184 valence electrons. The molecule has 1 amide bonds. The quantitative estimate of drug-likeness (QED) is 0.409.